The van der Waals surface area contributed by atoms with Crippen LogP contribution >= 0.6 is 0 Å². The van der Waals surface area contributed by atoms with E-state index in [-0.39, 0.29) is 5.91 Å². The van der Waals surface area contributed by atoms with Gasteiger partial charge in [0.2, 0.25) is 5.91 Å². The monoisotopic (exact) mass is 446 g/mol. The summed E-state index contributed by atoms with van der Waals surface area (Å²) < 4.78 is 11.2. The van der Waals surface area contributed by atoms with E-state index in [1.165, 1.54) is 5.56 Å². The molecule has 5 heteroatoms. The van der Waals surface area contributed by atoms with Crippen LogP contribution in [0, 0.1) is 20.8 Å². The van der Waals surface area contributed by atoms with Crippen molar-refractivity contribution in [2.75, 3.05) is 7.11 Å². The zero-order chi connectivity index (χ0) is 24.4. The van der Waals surface area contributed by atoms with Crippen LogP contribution in [-0.2, 0) is 11.3 Å². The van der Waals surface area contributed by atoms with Gasteiger partial charge in [0.1, 0.15) is 11.5 Å². The lowest BCUT2D eigenvalue weighted by Gasteiger charge is -2.24. The van der Waals surface area contributed by atoms with Gasteiger partial charge in [0.05, 0.1) is 19.9 Å². The molecule has 0 aromatic heterocycles. The van der Waals surface area contributed by atoms with Gasteiger partial charge in [0, 0.05) is 19.0 Å². The summed E-state index contributed by atoms with van der Waals surface area (Å²) in [7, 11) is 1.64. The number of aryl methyl sites for hydroxylation is 2. The second-order valence-corrected chi connectivity index (χ2v) is 7.84. The SMILES string of the molecule is CCC(=O)N(Cc1cc(OC)ccc1C)/C(C)=C/C=C=CN=C(C)Oc1cccc(C)c1C. The zero-order valence-corrected chi connectivity index (χ0v) is 20.7. The van der Waals surface area contributed by atoms with Crippen LogP contribution in [0.25, 0.3) is 0 Å². The fraction of sp³-hybridized carbons (Fsp3) is 0.321. The van der Waals surface area contributed by atoms with E-state index in [2.05, 4.69) is 10.7 Å². The van der Waals surface area contributed by atoms with E-state index in [0.717, 1.165) is 33.9 Å². The summed E-state index contributed by atoms with van der Waals surface area (Å²) in [5, 5.41) is 0. The molecular weight excluding hydrogens is 412 g/mol. The molecule has 1 amide bonds. The van der Waals surface area contributed by atoms with E-state index < -0.39 is 0 Å². The second kappa shape index (κ2) is 12.5. The Labute approximate surface area is 197 Å². The lowest BCUT2D eigenvalue weighted by Crippen LogP contribution is -2.28. The lowest BCUT2D eigenvalue weighted by atomic mass is 10.1. The Hall–Kier alpha value is -3.56. The minimum absolute atomic E-state index is 0.0548. The first-order valence-electron chi connectivity index (χ1n) is 11.1. The highest BCUT2D eigenvalue weighted by molar-refractivity contribution is 5.78. The van der Waals surface area contributed by atoms with Gasteiger partial charge in [-0.3, -0.25) is 4.79 Å². The fourth-order valence-corrected chi connectivity index (χ4v) is 3.17. The number of benzene rings is 2. The third-order valence-electron chi connectivity index (χ3n) is 5.47. The molecule has 0 bridgehead atoms. The molecule has 0 saturated heterocycles. The Morgan fingerprint density at radius 3 is 2.58 bits per heavy atom. The number of hydrogen-bond acceptors (Lipinski definition) is 4. The standard InChI is InChI=1S/C28H34N2O3/c1-8-28(31)30(19-25-18-26(32-7)16-15-21(25)3)22(4)13-9-10-17-29-24(6)33-27-14-11-12-20(2)23(27)5/h9,11-18H,8,19H2,1-7H3/b22-13+,29-24?. The van der Waals surface area contributed by atoms with E-state index in [1.54, 1.807) is 31.2 Å². The molecule has 2 aromatic rings. The third kappa shape index (κ3) is 7.51. The highest BCUT2D eigenvalue weighted by Gasteiger charge is 2.15. The smallest absolute Gasteiger partial charge is 0.226 e. The maximum Gasteiger partial charge on any atom is 0.226 e. The van der Waals surface area contributed by atoms with Crippen molar-refractivity contribution >= 4 is 11.8 Å². The van der Waals surface area contributed by atoms with E-state index in [1.807, 2.05) is 77.1 Å². The van der Waals surface area contributed by atoms with Gasteiger partial charge >= 0.3 is 0 Å². The number of nitrogens with zero attached hydrogens (tertiary/aromatic N) is 2. The molecular formula is C28H34N2O3. The first kappa shape index (κ1) is 25.7. The number of amides is 1. The molecule has 0 aliphatic carbocycles. The molecule has 33 heavy (non-hydrogen) atoms. The van der Waals surface area contributed by atoms with Gasteiger partial charge in [-0.25, -0.2) is 4.99 Å². The van der Waals surface area contributed by atoms with Gasteiger partial charge in [0.25, 0.3) is 0 Å². The zero-order valence-electron chi connectivity index (χ0n) is 20.7. The minimum atomic E-state index is 0.0548. The largest absolute Gasteiger partial charge is 0.497 e. The molecule has 0 atom stereocenters. The van der Waals surface area contributed by atoms with Crippen LogP contribution in [0.5, 0.6) is 11.5 Å². The second-order valence-electron chi connectivity index (χ2n) is 7.84. The Morgan fingerprint density at radius 2 is 1.88 bits per heavy atom. The summed E-state index contributed by atoms with van der Waals surface area (Å²) in [5.74, 6) is 2.16. The molecule has 0 unspecified atom stereocenters. The number of carbonyl (C=O) groups is 1. The number of aliphatic imine (C=N–C) groups is 1. The van der Waals surface area contributed by atoms with Crippen LogP contribution in [-0.4, -0.2) is 23.8 Å². The molecule has 0 saturated carbocycles. The maximum absolute atomic E-state index is 12.6. The van der Waals surface area contributed by atoms with E-state index in [9.17, 15) is 4.79 Å². The molecule has 0 heterocycles. The normalized spacial score (nSPS) is 11.5. The van der Waals surface area contributed by atoms with Crippen molar-refractivity contribution in [1.82, 2.24) is 4.90 Å². The number of hydrogen-bond donors (Lipinski definition) is 0. The Kier molecular flexibility index (Phi) is 9.71. The van der Waals surface area contributed by atoms with Gasteiger partial charge < -0.3 is 14.4 Å². The molecule has 0 aliphatic heterocycles. The van der Waals surface area contributed by atoms with Crippen molar-refractivity contribution in [3.63, 3.8) is 0 Å². The van der Waals surface area contributed by atoms with Crippen LogP contribution < -0.4 is 9.47 Å². The Morgan fingerprint density at radius 1 is 1.12 bits per heavy atom. The first-order valence-corrected chi connectivity index (χ1v) is 11.1. The van der Waals surface area contributed by atoms with Crippen LogP contribution in [0.4, 0.5) is 0 Å². The van der Waals surface area contributed by atoms with Crippen molar-refractivity contribution in [3.05, 3.63) is 88.4 Å². The molecule has 0 spiro atoms. The number of methoxy groups -OCH3 is 1. The molecule has 174 valence electrons. The first-order chi connectivity index (χ1) is 15.8. The number of rotatable bonds is 8. The highest BCUT2D eigenvalue weighted by Crippen LogP contribution is 2.22. The van der Waals surface area contributed by atoms with Gasteiger partial charge in [0.15, 0.2) is 5.90 Å². The van der Waals surface area contributed by atoms with E-state index in [0.29, 0.717) is 18.9 Å². The number of carbonyl (C=O) groups excluding carboxylic acids is 1. The van der Waals surface area contributed by atoms with Gasteiger partial charge in [-0.1, -0.05) is 25.1 Å². The van der Waals surface area contributed by atoms with Crippen LogP contribution in [0.3, 0.4) is 0 Å². The van der Waals surface area contributed by atoms with Crippen LogP contribution in [0.1, 0.15) is 49.4 Å². The molecule has 2 rings (SSSR count). The van der Waals surface area contributed by atoms with E-state index >= 15 is 0 Å². The molecule has 0 N–H and O–H groups in total. The average Bonchev–Trinajstić information content (AvgIpc) is 2.80. The van der Waals surface area contributed by atoms with Gasteiger partial charge in [-0.2, -0.15) is 0 Å². The predicted octanol–water partition coefficient (Wildman–Crippen LogP) is 6.43. The Balaban J connectivity index is 2.14. The third-order valence-corrected chi connectivity index (χ3v) is 5.47. The van der Waals surface area contributed by atoms with Crippen molar-refractivity contribution < 1.29 is 14.3 Å². The van der Waals surface area contributed by atoms with Crippen LogP contribution in [0.2, 0.25) is 0 Å². The topological polar surface area (TPSA) is 51.1 Å². The quantitative estimate of drug-likeness (QED) is 0.203. The van der Waals surface area contributed by atoms with Crippen LogP contribution in [0.15, 0.2) is 71.2 Å². The molecule has 0 aliphatic rings. The molecule has 0 fully saturated rings. The summed E-state index contributed by atoms with van der Waals surface area (Å²) in [4.78, 5) is 18.7. The fourth-order valence-electron chi connectivity index (χ4n) is 3.17. The predicted molar refractivity (Wildman–Crippen MR) is 135 cm³/mol. The summed E-state index contributed by atoms with van der Waals surface area (Å²) in [5.41, 5.74) is 8.27. The summed E-state index contributed by atoms with van der Waals surface area (Å²) in [6, 6.07) is 11.8. The minimum Gasteiger partial charge on any atom is -0.497 e. The number of allylic oxidation sites excluding steroid dienone is 3. The van der Waals surface area contributed by atoms with E-state index in [4.69, 9.17) is 9.47 Å². The number of ether oxygens (including phenoxy) is 2. The summed E-state index contributed by atoms with van der Waals surface area (Å²) in [6.45, 7) is 12.2. The van der Waals surface area contributed by atoms with Crippen molar-refractivity contribution in [2.24, 2.45) is 4.99 Å². The molecule has 5 nitrogen and oxygen atoms in total. The summed E-state index contributed by atoms with van der Waals surface area (Å²) in [6.07, 6.45) is 5.59. The van der Waals surface area contributed by atoms with Gasteiger partial charge in [-0.15, -0.1) is 5.73 Å². The Bertz CT molecular complexity index is 1110. The molecule has 0 radical (unpaired) electrons. The van der Waals surface area contributed by atoms with Crippen molar-refractivity contribution in [2.45, 2.75) is 54.5 Å². The van der Waals surface area contributed by atoms with Crippen molar-refractivity contribution in [1.29, 1.82) is 0 Å². The van der Waals surface area contributed by atoms with Crippen molar-refractivity contribution in [3.8, 4) is 11.5 Å². The summed E-state index contributed by atoms with van der Waals surface area (Å²) >= 11 is 0. The highest BCUT2D eigenvalue weighted by atomic mass is 16.5. The lowest BCUT2D eigenvalue weighted by molar-refractivity contribution is -0.129. The van der Waals surface area contributed by atoms with Gasteiger partial charge in [-0.05, 0) is 80.3 Å². The maximum atomic E-state index is 12.6. The molecule has 2 aromatic carbocycles. The average molecular weight is 447 g/mol.